The minimum absolute atomic E-state index is 0.106. The van der Waals surface area contributed by atoms with Crippen LogP contribution in [0, 0.1) is 0 Å². The van der Waals surface area contributed by atoms with Crippen molar-refractivity contribution in [3.8, 4) is 11.5 Å². The second-order valence-corrected chi connectivity index (χ2v) is 6.88. The molecule has 29 heavy (non-hydrogen) atoms. The first-order valence-electron chi connectivity index (χ1n) is 9.20. The average molecular weight is 407 g/mol. The zero-order valence-electron chi connectivity index (χ0n) is 16.7. The van der Waals surface area contributed by atoms with Gasteiger partial charge in [0.1, 0.15) is 12.1 Å². The van der Waals surface area contributed by atoms with Gasteiger partial charge in [-0.25, -0.2) is 4.79 Å². The Labute approximate surface area is 168 Å². The van der Waals surface area contributed by atoms with Gasteiger partial charge in [0.25, 0.3) is 5.91 Å². The van der Waals surface area contributed by atoms with Gasteiger partial charge in [-0.05, 0) is 24.6 Å². The molecule has 0 spiro atoms. The number of nitrogens with zero attached hydrogens (tertiary/aromatic N) is 2. The summed E-state index contributed by atoms with van der Waals surface area (Å²) in [5.41, 5.74) is -0.756. The topological polar surface area (TPSA) is 107 Å². The number of amides is 4. The zero-order valence-corrected chi connectivity index (χ0v) is 16.7. The first-order valence-corrected chi connectivity index (χ1v) is 9.20. The maximum atomic E-state index is 13.1. The van der Waals surface area contributed by atoms with Crippen LogP contribution >= 0.6 is 0 Å². The van der Waals surface area contributed by atoms with Crippen LogP contribution in [-0.4, -0.2) is 81.5 Å². The second kappa shape index (κ2) is 8.66. The predicted molar refractivity (Wildman–Crippen MR) is 100 cm³/mol. The highest BCUT2D eigenvalue weighted by molar-refractivity contribution is 6.09. The lowest BCUT2D eigenvalue weighted by Gasteiger charge is -2.25. The van der Waals surface area contributed by atoms with Crippen molar-refractivity contribution in [2.45, 2.75) is 12.5 Å². The molecule has 1 aromatic rings. The van der Waals surface area contributed by atoms with Gasteiger partial charge in [0.2, 0.25) is 12.7 Å². The Morgan fingerprint density at radius 3 is 2.48 bits per heavy atom. The number of ether oxygens (including phenoxy) is 4. The van der Waals surface area contributed by atoms with Crippen LogP contribution in [0.25, 0.3) is 0 Å². The third kappa shape index (κ3) is 4.13. The third-order valence-corrected chi connectivity index (χ3v) is 5.00. The molecule has 158 valence electrons. The zero-order chi connectivity index (χ0) is 21.0. The summed E-state index contributed by atoms with van der Waals surface area (Å²) >= 11 is 0. The number of rotatable bonds is 9. The van der Waals surface area contributed by atoms with Crippen molar-refractivity contribution in [2.75, 3.05) is 53.9 Å². The maximum Gasteiger partial charge on any atom is 0.325 e. The van der Waals surface area contributed by atoms with Crippen molar-refractivity contribution in [3.63, 3.8) is 0 Å². The van der Waals surface area contributed by atoms with E-state index in [0.29, 0.717) is 43.4 Å². The lowest BCUT2D eigenvalue weighted by Crippen LogP contribution is -2.46. The van der Waals surface area contributed by atoms with Crippen LogP contribution in [0.3, 0.4) is 0 Å². The lowest BCUT2D eigenvalue weighted by atomic mass is 9.91. The Kier molecular flexibility index (Phi) is 6.23. The average Bonchev–Trinajstić information content (AvgIpc) is 3.26. The van der Waals surface area contributed by atoms with E-state index < -0.39 is 17.5 Å². The van der Waals surface area contributed by atoms with Crippen LogP contribution in [0.2, 0.25) is 0 Å². The van der Waals surface area contributed by atoms with Crippen molar-refractivity contribution >= 4 is 17.8 Å². The fraction of sp³-hybridized carbons (Fsp3) is 0.526. The summed E-state index contributed by atoms with van der Waals surface area (Å²) in [6.07, 6.45) is 0. The SMILES string of the molecule is COCCN(CCOC)C(=O)CN1C(=O)N[C@](C)(c2ccc3c(c2)OCO3)C1=O. The molecule has 1 aromatic carbocycles. The van der Waals surface area contributed by atoms with Gasteiger partial charge < -0.3 is 29.2 Å². The first kappa shape index (κ1) is 20.9. The quantitative estimate of drug-likeness (QED) is 0.587. The Balaban J connectivity index is 1.74. The largest absolute Gasteiger partial charge is 0.454 e. The minimum Gasteiger partial charge on any atom is -0.454 e. The number of methoxy groups -OCH3 is 2. The van der Waals surface area contributed by atoms with E-state index in [9.17, 15) is 14.4 Å². The number of benzene rings is 1. The van der Waals surface area contributed by atoms with E-state index in [4.69, 9.17) is 18.9 Å². The number of carbonyl (C=O) groups is 3. The molecule has 1 N–H and O–H groups in total. The van der Waals surface area contributed by atoms with Gasteiger partial charge in [-0.15, -0.1) is 0 Å². The standard InChI is InChI=1S/C19H25N3O7/c1-19(13-4-5-14-15(10-13)29-12-28-14)17(24)22(18(25)20-19)11-16(23)21(6-8-26-2)7-9-27-3/h4-5,10H,6-9,11-12H2,1-3H3,(H,20,25)/t19-/m1/s1. The summed E-state index contributed by atoms with van der Waals surface area (Å²) in [6.45, 7) is 2.69. The molecule has 10 heteroatoms. The Morgan fingerprint density at radius 1 is 1.17 bits per heavy atom. The molecule has 0 radical (unpaired) electrons. The molecule has 1 fully saturated rings. The predicted octanol–water partition coefficient (Wildman–Crippen LogP) is 0.304. The number of nitrogens with one attached hydrogen (secondary N) is 1. The van der Waals surface area contributed by atoms with Crippen LogP contribution in [0.4, 0.5) is 4.79 Å². The molecule has 4 amide bonds. The summed E-state index contributed by atoms with van der Waals surface area (Å²) < 4.78 is 20.7. The second-order valence-electron chi connectivity index (χ2n) is 6.88. The molecular formula is C19H25N3O7. The minimum atomic E-state index is -1.30. The fourth-order valence-electron chi connectivity index (χ4n) is 3.24. The number of fused-ring (bicyclic) bond motifs is 1. The first-order chi connectivity index (χ1) is 13.9. The van der Waals surface area contributed by atoms with Crippen molar-refractivity contribution in [2.24, 2.45) is 0 Å². The normalized spacial score (nSPS) is 20.2. The Hall–Kier alpha value is -2.85. The molecule has 0 aliphatic carbocycles. The number of hydrogen-bond donors (Lipinski definition) is 1. The summed E-state index contributed by atoms with van der Waals surface area (Å²) in [4.78, 5) is 40.7. The molecule has 0 aromatic heterocycles. The molecule has 3 rings (SSSR count). The van der Waals surface area contributed by atoms with Crippen LogP contribution < -0.4 is 14.8 Å². The molecule has 2 aliphatic heterocycles. The Morgan fingerprint density at radius 2 is 1.83 bits per heavy atom. The van der Waals surface area contributed by atoms with Crippen LogP contribution in [0.15, 0.2) is 18.2 Å². The Bertz CT molecular complexity index is 792. The molecule has 0 unspecified atom stereocenters. The van der Waals surface area contributed by atoms with E-state index in [1.165, 1.54) is 19.1 Å². The number of hydrogen-bond acceptors (Lipinski definition) is 7. The van der Waals surface area contributed by atoms with E-state index >= 15 is 0 Å². The van der Waals surface area contributed by atoms with Gasteiger partial charge >= 0.3 is 6.03 Å². The highest BCUT2D eigenvalue weighted by Gasteiger charge is 2.50. The number of imide groups is 1. The van der Waals surface area contributed by atoms with E-state index in [-0.39, 0.29) is 19.2 Å². The summed E-state index contributed by atoms with van der Waals surface area (Å²) in [5, 5.41) is 2.69. The highest BCUT2D eigenvalue weighted by Crippen LogP contribution is 2.37. The van der Waals surface area contributed by atoms with Gasteiger partial charge in [0.05, 0.1) is 13.2 Å². The van der Waals surface area contributed by atoms with Gasteiger partial charge in [-0.3, -0.25) is 14.5 Å². The lowest BCUT2D eigenvalue weighted by molar-refractivity contribution is -0.139. The number of carbonyl (C=O) groups excluding carboxylic acids is 3. The molecule has 2 aliphatic rings. The summed E-state index contributed by atoms with van der Waals surface area (Å²) in [7, 11) is 3.07. The molecule has 2 heterocycles. The van der Waals surface area contributed by atoms with E-state index in [2.05, 4.69) is 5.32 Å². The van der Waals surface area contributed by atoms with E-state index in [1.54, 1.807) is 25.1 Å². The van der Waals surface area contributed by atoms with Crippen LogP contribution in [0.1, 0.15) is 12.5 Å². The van der Waals surface area contributed by atoms with Gasteiger partial charge in [0, 0.05) is 27.3 Å². The third-order valence-electron chi connectivity index (χ3n) is 5.00. The van der Waals surface area contributed by atoms with Crippen molar-refractivity contribution in [3.05, 3.63) is 23.8 Å². The van der Waals surface area contributed by atoms with Gasteiger partial charge in [-0.1, -0.05) is 6.07 Å². The molecule has 0 bridgehead atoms. The monoisotopic (exact) mass is 407 g/mol. The van der Waals surface area contributed by atoms with Crippen molar-refractivity contribution in [1.29, 1.82) is 0 Å². The van der Waals surface area contributed by atoms with Gasteiger partial charge in [-0.2, -0.15) is 0 Å². The van der Waals surface area contributed by atoms with Gasteiger partial charge in [0.15, 0.2) is 11.5 Å². The van der Waals surface area contributed by atoms with E-state index in [1.807, 2.05) is 0 Å². The molecule has 1 saturated heterocycles. The number of urea groups is 1. The van der Waals surface area contributed by atoms with Crippen LogP contribution in [-0.2, 0) is 24.6 Å². The smallest absolute Gasteiger partial charge is 0.325 e. The molecule has 0 saturated carbocycles. The van der Waals surface area contributed by atoms with Crippen molar-refractivity contribution < 1.29 is 33.3 Å². The summed E-state index contributed by atoms with van der Waals surface area (Å²) in [6, 6.07) is 4.42. The van der Waals surface area contributed by atoms with Crippen LogP contribution in [0.5, 0.6) is 11.5 Å². The molecular weight excluding hydrogens is 382 g/mol. The highest BCUT2D eigenvalue weighted by atomic mass is 16.7. The molecule has 10 nitrogen and oxygen atoms in total. The fourth-order valence-corrected chi connectivity index (χ4v) is 3.24. The maximum absolute atomic E-state index is 13.1. The van der Waals surface area contributed by atoms with Crippen molar-refractivity contribution in [1.82, 2.24) is 15.1 Å². The summed E-state index contributed by atoms with van der Waals surface area (Å²) in [5.74, 6) is 0.212. The van der Waals surface area contributed by atoms with E-state index in [0.717, 1.165) is 4.90 Å². The molecule has 1 atom stereocenters.